The van der Waals surface area contributed by atoms with E-state index in [9.17, 15) is 14.7 Å². The summed E-state index contributed by atoms with van der Waals surface area (Å²) >= 11 is 0. The second kappa shape index (κ2) is 5.69. The predicted molar refractivity (Wildman–Crippen MR) is 66.8 cm³/mol. The average Bonchev–Trinajstić information content (AvgIpc) is 2.38. The molecular formula is C13H22N2O3. The first-order valence-electron chi connectivity index (χ1n) is 6.81. The normalized spacial score (nSPS) is 32.8. The van der Waals surface area contributed by atoms with Crippen LogP contribution in [0, 0.1) is 5.92 Å². The summed E-state index contributed by atoms with van der Waals surface area (Å²) in [5, 5.41) is 12.7. The van der Waals surface area contributed by atoms with Gasteiger partial charge >= 0.3 is 0 Å². The largest absolute Gasteiger partial charge is 0.391 e. The number of amides is 2. The maximum absolute atomic E-state index is 12.3. The van der Waals surface area contributed by atoms with E-state index in [1.165, 1.54) is 0 Å². The number of hydrogen-bond donors (Lipinski definition) is 2. The number of nitrogens with zero attached hydrogens (tertiary/aromatic N) is 1. The lowest BCUT2D eigenvalue weighted by Gasteiger charge is -2.37. The van der Waals surface area contributed by atoms with Crippen molar-refractivity contribution < 1.29 is 14.7 Å². The highest BCUT2D eigenvalue weighted by molar-refractivity contribution is 5.83. The van der Waals surface area contributed by atoms with Crippen molar-refractivity contribution in [3.8, 4) is 0 Å². The van der Waals surface area contributed by atoms with Gasteiger partial charge in [0.25, 0.3) is 0 Å². The van der Waals surface area contributed by atoms with Crippen molar-refractivity contribution in [3.63, 3.8) is 0 Å². The molecule has 0 aromatic rings. The van der Waals surface area contributed by atoms with E-state index in [0.717, 1.165) is 25.7 Å². The molecule has 3 unspecified atom stereocenters. The van der Waals surface area contributed by atoms with Gasteiger partial charge < -0.3 is 15.3 Å². The zero-order valence-electron chi connectivity index (χ0n) is 10.9. The molecule has 0 aromatic carbocycles. The number of carbonyl (C=O) groups is 2. The zero-order valence-corrected chi connectivity index (χ0v) is 10.9. The molecule has 2 N–H and O–H groups in total. The van der Waals surface area contributed by atoms with Crippen LogP contribution in [0.5, 0.6) is 0 Å². The minimum Gasteiger partial charge on any atom is -0.391 e. The van der Waals surface area contributed by atoms with Crippen LogP contribution in [0.4, 0.5) is 0 Å². The van der Waals surface area contributed by atoms with Gasteiger partial charge in [-0.05, 0) is 19.3 Å². The van der Waals surface area contributed by atoms with Crippen molar-refractivity contribution in [1.82, 2.24) is 10.2 Å². The van der Waals surface area contributed by atoms with E-state index >= 15 is 0 Å². The summed E-state index contributed by atoms with van der Waals surface area (Å²) in [5.74, 6) is -0.0396. The van der Waals surface area contributed by atoms with Crippen LogP contribution in [0.2, 0.25) is 0 Å². The third-order valence-corrected chi connectivity index (χ3v) is 4.15. The molecule has 1 aliphatic carbocycles. The van der Waals surface area contributed by atoms with Gasteiger partial charge in [0, 0.05) is 20.0 Å². The summed E-state index contributed by atoms with van der Waals surface area (Å²) in [6.45, 7) is 0.435. The van der Waals surface area contributed by atoms with E-state index in [0.29, 0.717) is 19.4 Å². The molecule has 2 rings (SSSR count). The van der Waals surface area contributed by atoms with Gasteiger partial charge in [-0.3, -0.25) is 9.59 Å². The molecule has 3 atom stereocenters. The molecule has 0 spiro atoms. The number of piperidine rings is 1. The lowest BCUT2D eigenvalue weighted by atomic mass is 9.90. The predicted octanol–water partition coefficient (Wildman–Crippen LogP) is 0.274. The molecule has 5 heteroatoms. The Balaban J connectivity index is 1.93. The lowest BCUT2D eigenvalue weighted by Crippen LogP contribution is -2.51. The van der Waals surface area contributed by atoms with Crippen LogP contribution in [0.3, 0.4) is 0 Å². The van der Waals surface area contributed by atoms with E-state index in [2.05, 4.69) is 5.32 Å². The highest BCUT2D eigenvalue weighted by Crippen LogP contribution is 2.24. The molecule has 2 fully saturated rings. The van der Waals surface area contributed by atoms with Crippen molar-refractivity contribution >= 4 is 11.8 Å². The topological polar surface area (TPSA) is 69.6 Å². The first-order valence-corrected chi connectivity index (χ1v) is 6.81. The Hall–Kier alpha value is -1.10. The number of hydrogen-bond acceptors (Lipinski definition) is 3. The van der Waals surface area contributed by atoms with Gasteiger partial charge in [0.1, 0.15) is 0 Å². The van der Waals surface area contributed by atoms with Gasteiger partial charge in [0.15, 0.2) is 0 Å². The first-order chi connectivity index (χ1) is 8.59. The molecule has 0 bridgehead atoms. The number of rotatable bonds is 2. The van der Waals surface area contributed by atoms with Crippen LogP contribution in [-0.4, -0.2) is 47.6 Å². The van der Waals surface area contributed by atoms with Crippen molar-refractivity contribution in [2.75, 3.05) is 13.6 Å². The molecule has 2 aliphatic rings. The summed E-state index contributed by atoms with van der Waals surface area (Å²) in [6.07, 6.45) is 4.42. The molecule has 1 saturated carbocycles. The smallest absolute Gasteiger partial charge is 0.227 e. The summed E-state index contributed by atoms with van der Waals surface area (Å²) < 4.78 is 0. The van der Waals surface area contributed by atoms with Gasteiger partial charge in [-0.25, -0.2) is 0 Å². The molecule has 18 heavy (non-hydrogen) atoms. The molecule has 0 aromatic heterocycles. The maximum Gasteiger partial charge on any atom is 0.227 e. The quantitative estimate of drug-likeness (QED) is 0.743. The fourth-order valence-electron chi connectivity index (χ4n) is 2.94. The molecule has 1 aliphatic heterocycles. The molecule has 102 valence electrons. The number of carbonyl (C=O) groups excluding carboxylic acids is 2. The Bertz CT molecular complexity index is 322. The number of aliphatic hydroxyl groups is 1. The molecule has 1 heterocycles. The Kier molecular flexibility index (Phi) is 4.22. The summed E-state index contributed by atoms with van der Waals surface area (Å²) in [5.41, 5.74) is 0. The molecule has 2 amide bonds. The lowest BCUT2D eigenvalue weighted by molar-refractivity contribution is -0.141. The monoisotopic (exact) mass is 254 g/mol. The van der Waals surface area contributed by atoms with E-state index < -0.39 is 6.10 Å². The zero-order chi connectivity index (χ0) is 13.1. The van der Waals surface area contributed by atoms with Crippen LogP contribution in [-0.2, 0) is 9.59 Å². The van der Waals surface area contributed by atoms with Crippen LogP contribution in [0.1, 0.15) is 38.5 Å². The number of likely N-dealkylation sites (N-methyl/N-ethyl adjacent to an activating group) is 1. The number of nitrogens with one attached hydrogen (secondary N) is 1. The van der Waals surface area contributed by atoms with Gasteiger partial charge in [-0.1, -0.05) is 12.8 Å². The second-order valence-electron chi connectivity index (χ2n) is 5.41. The van der Waals surface area contributed by atoms with Gasteiger partial charge in [-0.15, -0.1) is 0 Å². The van der Waals surface area contributed by atoms with Crippen molar-refractivity contribution in [2.45, 2.75) is 50.7 Å². The molecule has 0 radical (unpaired) electrons. The van der Waals surface area contributed by atoms with Crippen LogP contribution in [0.15, 0.2) is 0 Å². The first kappa shape index (κ1) is 13.3. The maximum atomic E-state index is 12.3. The third-order valence-electron chi connectivity index (χ3n) is 4.15. The second-order valence-corrected chi connectivity index (χ2v) is 5.41. The Morgan fingerprint density at radius 1 is 1.33 bits per heavy atom. The fraction of sp³-hybridized carbons (Fsp3) is 0.846. The highest BCUT2D eigenvalue weighted by atomic mass is 16.3. The van der Waals surface area contributed by atoms with E-state index in [1.54, 1.807) is 11.9 Å². The standard InChI is InChI=1S/C13H22N2O3/c1-15(10-4-2-3-5-11(10)16)13(18)9-6-7-12(17)14-8-9/h9-11,16H,2-8H2,1H3,(H,14,17). The van der Waals surface area contributed by atoms with Crippen LogP contribution >= 0.6 is 0 Å². The minimum absolute atomic E-state index is 0.0272. The molecular weight excluding hydrogens is 232 g/mol. The van der Waals surface area contributed by atoms with E-state index in [1.807, 2.05) is 0 Å². The fourth-order valence-corrected chi connectivity index (χ4v) is 2.94. The molecule has 1 saturated heterocycles. The van der Waals surface area contributed by atoms with Crippen molar-refractivity contribution in [1.29, 1.82) is 0 Å². The van der Waals surface area contributed by atoms with E-state index in [-0.39, 0.29) is 23.8 Å². The summed E-state index contributed by atoms with van der Waals surface area (Å²) in [4.78, 5) is 25.1. The minimum atomic E-state index is -0.397. The van der Waals surface area contributed by atoms with Crippen molar-refractivity contribution in [3.05, 3.63) is 0 Å². The van der Waals surface area contributed by atoms with Crippen LogP contribution in [0.25, 0.3) is 0 Å². The SMILES string of the molecule is CN(C(=O)C1CCC(=O)NC1)C1CCCCC1O. The molecule has 5 nitrogen and oxygen atoms in total. The van der Waals surface area contributed by atoms with Gasteiger partial charge in [0.05, 0.1) is 18.1 Å². The Morgan fingerprint density at radius 2 is 2.06 bits per heavy atom. The van der Waals surface area contributed by atoms with Gasteiger partial charge in [-0.2, -0.15) is 0 Å². The Labute approximate surface area is 108 Å². The highest BCUT2D eigenvalue weighted by Gasteiger charge is 2.33. The van der Waals surface area contributed by atoms with Crippen LogP contribution < -0.4 is 5.32 Å². The van der Waals surface area contributed by atoms with Gasteiger partial charge in [0.2, 0.25) is 11.8 Å². The van der Waals surface area contributed by atoms with E-state index in [4.69, 9.17) is 0 Å². The summed E-state index contributed by atoms with van der Waals surface area (Å²) in [7, 11) is 1.78. The van der Waals surface area contributed by atoms with Crippen molar-refractivity contribution in [2.24, 2.45) is 5.92 Å². The summed E-state index contributed by atoms with van der Waals surface area (Å²) in [6, 6.07) is -0.0520. The number of aliphatic hydroxyl groups excluding tert-OH is 1. The Morgan fingerprint density at radius 3 is 2.67 bits per heavy atom. The third kappa shape index (κ3) is 2.83. The average molecular weight is 254 g/mol.